The minimum Gasteiger partial charge on any atom is -0.532 e. The van der Waals surface area contributed by atoms with Crippen LogP contribution in [0.4, 0.5) is 8.78 Å². The van der Waals surface area contributed by atoms with Gasteiger partial charge in [-0.15, -0.1) is 0 Å². The number of fused-ring (bicyclic) bond motifs is 1. The molecule has 3 rings (SSSR count). The van der Waals surface area contributed by atoms with E-state index < -0.39 is 18.8 Å². The highest BCUT2D eigenvalue weighted by molar-refractivity contribution is 6.62. The summed E-state index contributed by atoms with van der Waals surface area (Å²) >= 11 is 0. The molecule has 20 heavy (non-hydrogen) atoms. The second-order valence-corrected chi connectivity index (χ2v) is 4.53. The third-order valence-corrected chi connectivity index (χ3v) is 3.12. The zero-order chi connectivity index (χ0) is 14.1. The van der Waals surface area contributed by atoms with Crippen LogP contribution in [0.1, 0.15) is 11.1 Å². The second kappa shape index (κ2) is 5.23. The Morgan fingerprint density at radius 1 is 1.15 bits per heavy atom. The topological polar surface area (TPSA) is 38.7 Å². The number of rotatable bonds is 2. The monoisotopic (exact) mass is 276 g/mol. The van der Waals surface area contributed by atoms with E-state index >= 15 is 0 Å². The Hall–Kier alpha value is -1.92. The van der Waals surface area contributed by atoms with E-state index in [1.54, 1.807) is 12.1 Å². The maximum atomic E-state index is 13.2. The normalized spacial score (nSPS) is 13.8. The number of benzene rings is 2. The Kier molecular flexibility index (Phi) is 3.42. The third kappa shape index (κ3) is 2.40. The van der Waals surface area contributed by atoms with Gasteiger partial charge in [0.1, 0.15) is 17.4 Å². The predicted octanol–water partition coefficient (Wildman–Crippen LogP) is 1.76. The minimum atomic E-state index is -0.889. The van der Waals surface area contributed by atoms with Gasteiger partial charge in [0.15, 0.2) is 0 Å². The molecule has 0 aromatic heterocycles. The Bertz CT molecular complexity index is 614. The van der Waals surface area contributed by atoms with Crippen molar-refractivity contribution in [1.29, 1.82) is 0 Å². The smallest absolute Gasteiger partial charge is 0.532 e. The zero-order valence-corrected chi connectivity index (χ0v) is 10.5. The Labute approximate surface area is 114 Å². The van der Waals surface area contributed by atoms with Crippen LogP contribution in [-0.4, -0.2) is 12.2 Å². The van der Waals surface area contributed by atoms with Crippen molar-refractivity contribution in [2.45, 2.75) is 13.2 Å². The van der Waals surface area contributed by atoms with Crippen LogP contribution in [0.3, 0.4) is 0 Å². The summed E-state index contributed by atoms with van der Waals surface area (Å²) < 4.78 is 37.6. The summed E-state index contributed by atoms with van der Waals surface area (Å²) in [5.41, 5.74) is 1.68. The molecule has 0 unspecified atom stereocenters. The van der Waals surface area contributed by atoms with E-state index in [0.717, 1.165) is 11.6 Å². The summed E-state index contributed by atoms with van der Waals surface area (Å²) in [5, 5.41) is 9.30. The summed E-state index contributed by atoms with van der Waals surface area (Å²) in [7, 11) is -0.889. The summed E-state index contributed by atoms with van der Waals surface area (Å²) in [4.78, 5) is 0. The molecule has 0 bridgehead atoms. The van der Waals surface area contributed by atoms with Crippen molar-refractivity contribution in [2.24, 2.45) is 0 Å². The van der Waals surface area contributed by atoms with Gasteiger partial charge in [-0.2, -0.15) is 0 Å². The molecule has 102 valence electrons. The number of halogens is 2. The molecule has 0 atom stereocenters. The van der Waals surface area contributed by atoms with Gasteiger partial charge in [0.2, 0.25) is 0 Å². The molecular weight excluding hydrogens is 265 g/mol. The van der Waals surface area contributed by atoms with Crippen molar-refractivity contribution in [3.05, 3.63) is 59.2 Å². The summed E-state index contributed by atoms with van der Waals surface area (Å²) in [6.07, 6.45) is 0. The SMILES string of the molecule is OCc1cccc2c1OB(c1cc(F)cc(F)c1)OC2. The van der Waals surface area contributed by atoms with Gasteiger partial charge in [0.25, 0.3) is 0 Å². The van der Waals surface area contributed by atoms with Crippen molar-refractivity contribution in [1.82, 2.24) is 0 Å². The van der Waals surface area contributed by atoms with Crippen LogP contribution in [0.5, 0.6) is 5.75 Å². The molecule has 0 fully saturated rings. The number of hydrogen-bond acceptors (Lipinski definition) is 3. The molecule has 1 aliphatic heterocycles. The molecule has 2 aromatic carbocycles. The molecule has 2 aromatic rings. The average molecular weight is 276 g/mol. The fourth-order valence-electron chi connectivity index (χ4n) is 2.21. The van der Waals surface area contributed by atoms with Crippen molar-refractivity contribution >= 4 is 12.6 Å². The standard InChI is InChI=1S/C14H11BF2O3/c16-12-4-11(5-13(17)6-12)15-19-8-10-3-1-2-9(7-18)14(10)20-15/h1-6,18H,7-8H2. The van der Waals surface area contributed by atoms with Crippen LogP contribution >= 0.6 is 0 Å². The van der Waals surface area contributed by atoms with E-state index in [9.17, 15) is 13.9 Å². The van der Waals surface area contributed by atoms with E-state index in [1.807, 2.05) is 6.07 Å². The molecule has 0 amide bonds. The van der Waals surface area contributed by atoms with E-state index in [2.05, 4.69) is 0 Å². The summed E-state index contributed by atoms with van der Waals surface area (Å²) in [6, 6.07) is 8.46. The average Bonchev–Trinajstić information content (AvgIpc) is 2.45. The summed E-state index contributed by atoms with van der Waals surface area (Å²) in [5.74, 6) is -0.863. The van der Waals surface area contributed by atoms with Gasteiger partial charge < -0.3 is 14.4 Å². The van der Waals surface area contributed by atoms with Crippen LogP contribution in [0.25, 0.3) is 0 Å². The van der Waals surface area contributed by atoms with Crippen molar-refractivity contribution in [2.75, 3.05) is 0 Å². The first-order chi connectivity index (χ1) is 9.67. The molecule has 1 aliphatic rings. The maximum absolute atomic E-state index is 13.2. The minimum absolute atomic E-state index is 0.173. The molecule has 0 radical (unpaired) electrons. The molecule has 0 saturated heterocycles. The molecule has 0 spiro atoms. The van der Waals surface area contributed by atoms with Gasteiger partial charge in [-0.3, -0.25) is 0 Å². The Morgan fingerprint density at radius 2 is 1.90 bits per heavy atom. The molecule has 0 saturated carbocycles. The fraction of sp³-hybridized carbons (Fsp3) is 0.143. The largest absolute Gasteiger partial charge is 0.563 e. The van der Waals surface area contributed by atoms with E-state index in [1.165, 1.54) is 12.1 Å². The van der Waals surface area contributed by atoms with E-state index in [-0.39, 0.29) is 18.7 Å². The van der Waals surface area contributed by atoms with Crippen LogP contribution < -0.4 is 10.1 Å². The lowest BCUT2D eigenvalue weighted by Crippen LogP contribution is -2.43. The first kappa shape index (κ1) is 13.1. The van der Waals surface area contributed by atoms with Crippen LogP contribution in [0.15, 0.2) is 36.4 Å². The first-order valence-electron chi connectivity index (χ1n) is 6.13. The Balaban J connectivity index is 1.95. The van der Waals surface area contributed by atoms with Gasteiger partial charge in [-0.05, 0) is 12.1 Å². The lowest BCUT2D eigenvalue weighted by molar-refractivity contribution is 0.230. The highest BCUT2D eigenvalue weighted by Gasteiger charge is 2.31. The zero-order valence-electron chi connectivity index (χ0n) is 10.5. The quantitative estimate of drug-likeness (QED) is 0.849. The molecule has 0 aliphatic carbocycles. The van der Waals surface area contributed by atoms with Crippen LogP contribution in [0, 0.1) is 11.6 Å². The van der Waals surface area contributed by atoms with E-state index in [4.69, 9.17) is 9.31 Å². The number of para-hydroxylation sites is 1. The molecule has 6 heteroatoms. The first-order valence-corrected chi connectivity index (χ1v) is 6.13. The van der Waals surface area contributed by atoms with Gasteiger partial charge in [-0.25, -0.2) is 8.78 Å². The van der Waals surface area contributed by atoms with Crippen molar-refractivity contribution in [3.63, 3.8) is 0 Å². The van der Waals surface area contributed by atoms with Crippen LogP contribution in [-0.2, 0) is 17.9 Å². The van der Waals surface area contributed by atoms with Crippen molar-refractivity contribution < 1.29 is 23.2 Å². The highest BCUT2D eigenvalue weighted by atomic mass is 19.1. The van der Waals surface area contributed by atoms with Gasteiger partial charge in [0, 0.05) is 22.7 Å². The van der Waals surface area contributed by atoms with Gasteiger partial charge in [-0.1, -0.05) is 18.2 Å². The van der Waals surface area contributed by atoms with Crippen LogP contribution in [0.2, 0.25) is 0 Å². The fourth-order valence-corrected chi connectivity index (χ4v) is 2.21. The Morgan fingerprint density at radius 3 is 2.60 bits per heavy atom. The highest BCUT2D eigenvalue weighted by Crippen LogP contribution is 2.29. The maximum Gasteiger partial charge on any atom is 0.563 e. The molecule has 1 heterocycles. The van der Waals surface area contributed by atoms with Crippen molar-refractivity contribution in [3.8, 4) is 5.75 Å². The lowest BCUT2D eigenvalue weighted by atomic mass is 9.77. The number of hydrogen-bond donors (Lipinski definition) is 1. The predicted molar refractivity (Wildman–Crippen MR) is 69.5 cm³/mol. The van der Waals surface area contributed by atoms with Gasteiger partial charge >= 0.3 is 7.12 Å². The molecular formula is C14H11BF2O3. The summed E-state index contributed by atoms with van der Waals surface area (Å²) in [6.45, 7) is 0.0827. The third-order valence-electron chi connectivity index (χ3n) is 3.12. The number of aliphatic hydroxyl groups is 1. The number of aliphatic hydroxyl groups excluding tert-OH is 1. The molecule has 1 N–H and O–H groups in total. The van der Waals surface area contributed by atoms with E-state index in [0.29, 0.717) is 11.3 Å². The molecule has 3 nitrogen and oxygen atoms in total. The van der Waals surface area contributed by atoms with Gasteiger partial charge in [0.05, 0.1) is 13.2 Å². The lowest BCUT2D eigenvalue weighted by Gasteiger charge is -2.25. The second-order valence-electron chi connectivity index (χ2n) is 4.53.